The van der Waals surface area contributed by atoms with E-state index >= 15 is 0 Å². The highest BCUT2D eigenvalue weighted by Gasteiger charge is 2.22. The van der Waals surface area contributed by atoms with Gasteiger partial charge >= 0.3 is 5.97 Å². The number of halogens is 1. The van der Waals surface area contributed by atoms with Gasteiger partial charge in [-0.1, -0.05) is 67.4 Å². The Hall–Kier alpha value is -4.29. The number of aromatic carboxylic acids is 1. The van der Waals surface area contributed by atoms with Gasteiger partial charge in [-0.2, -0.15) is 0 Å². The van der Waals surface area contributed by atoms with Crippen molar-refractivity contribution in [2.75, 3.05) is 0 Å². The number of H-pyrrole nitrogens is 1. The molecule has 0 amide bonds. The molecule has 0 aliphatic rings. The minimum absolute atomic E-state index is 0.0289. The van der Waals surface area contributed by atoms with E-state index in [1.54, 1.807) is 30.5 Å². The Bertz CT molecular complexity index is 1680. The number of carbonyl (C=O) groups excluding carboxylic acids is 1. The van der Waals surface area contributed by atoms with E-state index in [1.165, 1.54) is 6.07 Å². The molecule has 0 radical (unpaired) electrons. The smallest absolute Gasteiger partial charge is 0.336 e. The molecule has 0 bridgehead atoms. The second kappa shape index (κ2) is 11.2. The summed E-state index contributed by atoms with van der Waals surface area (Å²) < 4.78 is 0. The van der Waals surface area contributed by atoms with Crippen LogP contribution in [0.15, 0.2) is 79.0 Å². The van der Waals surface area contributed by atoms with Crippen LogP contribution in [0.25, 0.3) is 33.7 Å². The lowest BCUT2D eigenvalue weighted by molar-refractivity contribution is 0.0697. The van der Waals surface area contributed by atoms with Crippen LogP contribution >= 0.6 is 11.6 Å². The average molecular weight is 538 g/mol. The topological polar surface area (TPSA) is 95.9 Å². The van der Waals surface area contributed by atoms with Crippen molar-refractivity contribution in [3.8, 4) is 22.5 Å². The predicted octanol–water partition coefficient (Wildman–Crippen LogP) is 8.11. The lowest BCUT2D eigenvalue weighted by Crippen LogP contribution is -2.10. The maximum atomic E-state index is 13.4. The second-order valence-electron chi connectivity index (χ2n) is 9.75. The molecular weight excluding hydrogens is 510 g/mol. The molecule has 3 aromatic carbocycles. The summed E-state index contributed by atoms with van der Waals surface area (Å²) in [6, 6.07) is 22.1. The number of pyridine rings is 1. The molecule has 0 saturated heterocycles. The number of nitrogens with one attached hydrogen (secondary N) is 1. The minimum atomic E-state index is -1.12. The Morgan fingerprint density at radius 2 is 1.74 bits per heavy atom. The summed E-state index contributed by atoms with van der Waals surface area (Å²) in [5.74, 6) is -0.588. The van der Waals surface area contributed by atoms with Crippen molar-refractivity contribution in [3.63, 3.8) is 0 Å². The molecule has 7 heteroatoms. The van der Waals surface area contributed by atoms with Crippen LogP contribution in [0.3, 0.4) is 0 Å². The lowest BCUT2D eigenvalue weighted by Gasteiger charge is -2.17. The third-order valence-electron chi connectivity index (χ3n) is 6.91. The molecule has 2 heterocycles. The Balaban J connectivity index is 1.54. The summed E-state index contributed by atoms with van der Waals surface area (Å²) >= 11 is 6.37. The van der Waals surface area contributed by atoms with Crippen LogP contribution in [0.4, 0.5) is 0 Å². The van der Waals surface area contributed by atoms with E-state index in [0.29, 0.717) is 45.2 Å². The van der Waals surface area contributed by atoms with Gasteiger partial charge in [0.15, 0.2) is 11.4 Å². The zero-order chi connectivity index (χ0) is 27.5. The highest BCUT2D eigenvalue weighted by Crippen LogP contribution is 2.36. The van der Waals surface area contributed by atoms with Gasteiger partial charge in [0.1, 0.15) is 5.82 Å². The fraction of sp³-hybridized carbons (Fsp3) is 0.188. The van der Waals surface area contributed by atoms with Gasteiger partial charge in [-0.3, -0.25) is 4.79 Å². The molecule has 0 aliphatic carbocycles. The molecule has 0 fully saturated rings. The van der Waals surface area contributed by atoms with Crippen LogP contribution in [-0.4, -0.2) is 31.8 Å². The number of aryl methyl sites for hydroxylation is 1. The molecule has 0 aliphatic heterocycles. The van der Waals surface area contributed by atoms with Crippen LogP contribution in [0.1, 0.15) is 63.9 Å². The molecule has 196 valence electrons. The number of rotatable bonds is 9. The number of carboxylic acid groups (broad SMARTS) is 1. The second-order valence-corrected chi connectivity index (χ2v) is 10.2. The fourth-order valence-corrected chi connectivity index (χ4v) is 5.18. The summed E-state index contributed by atoms with van der Waals surface area (Å²) in [6.07, 6.45) is 3.87. The summed E-state index contributed by atoms with van der Waals surface area (Å²) in [7, 11) is 0. The van der Waals surface area contributed by atoms with E-state index < -0.39 is 5.97 Å². The number of carbonyl (C=O) groups is 2. The maximum absolute atomic E-state index is 13.4. The Morgan fingerprint density at radius 3 is 2.49 bits per heavy atom. The van der Waals surface area contributed by atoms with Gasteiger partial charge in [-0.15, -0.1) is 0 Å². The lowest BCUT2D eigenvalue weighted by atomic mass is 9.87. The van der Waals surface area contributed by atoms with E-state index in [1.807, 2.05) is 49.4 Å². The average Bonchev–Trinajstić information content (AvgIpc) is 3.35. The van der Waals surface area contributed by atoms with Gasteiger partial charge in [-0.25, -0.2) is 14.8 Å². The van der Waals surface area contributed by atoms with Crippen molar-refractivity contribution in [3.05, 3.63) is 106 Å². The van der Waals surface area contributed by atoms with Crippen LogP contribution < -0.4 is 0 Å². The number of imidazole rings is 1. The van der Waals surface area contributed by atoms with Gasteiger partial charge < -0.3 is 10.1 Å². The van der Waals surface area contributed by atoms with Crippen molar-refractivity contribution in [2.45, 2.75) is 39.0 Å². The summed E-state index contributed by atoms with van der Waals surface area (Å²) in [5, 5.41) is 10.6. The fourth-order valence-electron chi connectivity index (χ4n) is 5.01. The number of nitrogens with zero attached hydrogens (tertiary/aromatic N) is 2. The molecule has 2 aromatic heterocycles. The standard InChI is InChI=1S/C32H28ClN3O3/c1-3-7-21(20-8-5-4-6-9-20)16-29(37)22-10-12-24(27(15-22)32(38)39)26-17-23(33)11-13-25(26)30-35-28-14-19(2)18-34-31(28)36-30/h4-6,8-15,17-18,21H,3,7,16H2,1-2H3,(H,38,39)(H,34,35,36)/t21-/m0/s1. The predicted molar refractivity (Wildman–Crippen MR) is 155 cm³/mol. The van der Waals surface area contributed by atoms with Crippen molar-refractivity contribution >= 4 is 34.5 Å². The Morgan fingerprint density at radius 1 is 0.974 bits per heavy atom. The first-order chi connectivity index (χ1) is 18.8. The molecule has 5 rings (SSSR count). The Labute approximate surface area is 231 Å². The minimum Gasteiger partial charge on any atom is -0.478 e. The number of fused-ring (bicyclic) bond motifs is 1. The van der Waals surface area contributed by atoms with Crippen molar-refractivity contribution < 1.29 is 14.7 Å². The summed E-state index contributed by atoms with van der Waals surface area (Å²) in [4.78, 5) is 38.1. The molecule has 0 unspecified atom stereocenters. The van der Waals surface area contributed by atoms with Gasteiger partial charge in [-0.05, 0) is 71.8 Å². The quantitative estimate of drug-likeness (QED) is 0.185. The van der Waals surface area contributed by atoms with Crippen LogP contribution in [0, 0.1) is 6.92 Å². The molecule has 0 spiro atoms. The molecular formula is C32H28ClN3O3. The molecule has 39 heavy (non-hydrogen) atoms. The van der Waals surface area contributed by atoms with Gasteiger partial charge in [0.2, 0.25) is 0 Å². The monoisotopic (exact) mass is 537 g/mol. The van der Waals surface area contributed by atoms with Gasteiger partial charge in [0, 0.05) is 28.8 Å². The normalized spacial score (nSPS) is 12.0. The van der Waals surface area contributed by atoms with E-state index in [9.17, 15) is 14.7 Å². The van der Waals surface area contributed by atoms with E-state index in [-0.39, 0.29) is 17.3 Å². The zero-order valence-corrected chi connectivity index (χ0v) is 22.5. The third kappa shape index (κ3) is 5.61. The third-order valence-corrected chi connectivity index (χ3v) is 7.15. The molecule has 2 N–H and O–H groups in total. The molecule has 1 atom stereocenters. The first kappa shape index (κ1) is 26.3. The van der Waals surface area contributed by atoms with E-state index in [4.69, 9.17) is 11.6 Å². The van der Waals surface area contributed by atoms with Crippen molar-refractivity contribution in [1.29, 1.82) is 0 Å². The number of carboxylic acids is 1. The summed E-state index contributed by atoms with van der Waals surface area (Å²) in [5.41, 5.74) is 5.60. The number of aromatic amines is 1. The highest BCUT2D eigenvalue weighted by atomic mass is 35.5. The number of hydrogen-bond acceptors (Lipinski definition) is 4. The zero-order valence-electron chi connectivity index (χ0n) is 21.7. The number of Topliss-reactive ketones (excluding diaryl/α,β-unsaturated/α-hetero) is 1. The van der Waals surface area contributed by atoms with Crippen LogP contribution in [-0.2, 0) is 0 Å². The summed E-state index contributed by atoms with van der Waals surface area (Å²) in [6.45, 7) is 4.05. The molecule has 0 saturated carbocycles. The first-order valence-corrected chi connectivity index (χ1v) is 13.3. The molecule has 5 aromatic rings. The largest absolute Gasteiger partial charge is 0.478 e. The van der Waals surface area contributed by atoms with E-state index in [2.05, 4.69) is 21.9 Å². The van der Waals surface area contributed by atoms with Crippen LogP contribution in [0.2, 0.25) is 5.02 Å². The van der Waals surface area contributed by atoms with Gasteiger partial charge in [0.05, 0.1) is 11.1 Å². The number of ketones is 1. The number of hydrogen-bond donors (Lipinski definition) is 2. The molecule has 6 nitrogen and oxygen atoms in total. The number of aromatic nitrogens is 3. The van der Waals surface area contributed by atoms with E-state index in [0.717, 1.165) is 29.5 Å². The van der Waals surface area contributed by atoms with Gasteiger partial charge in [0.25, 0.3) is 0 Å². The van der Waals surface area contributed by atoms with Crippen molar-refractivity contribution in [1.82, 2.24) is 15.0 Å². The Kier molecular flexibility index (Phi) is 7.57. The van der Waals surface area contributed by atoms with Crippen LogP contribution in [0.5, 0.6) is 0 Å². The number of benzene rings is 3. The maximum Gasteiger partial charge on any atom is 0.336 e. The highest BCUT2D eigenvalue weighted by molar-refractivity contribution is 6.31. The van der Waals surface area contributed by atoms with Crippen molar-refractivity contribution in [2.24, 2.45) is 0 Å². The first-order valence-electron chi connectivity index (χ1n) is 12.9. The SMILES string of the molecule is CCC[C@@H](CC(=O)c1ccc(-c2cc(Cl)ccc2-c2nc3ncc(C)cc3[nH]2)c(C(=O)O)c1)c1ccccc1.